The zero-order chi connectivity index (χ0) is 26.6. The molecule has 0 radical (unpaired) electrons. The van der Waals surface area contributed by atoms with Gasteiger partial charge < -0.3 is 10.2 Å². The number of hydrogen-bond acceptors (Lipinski definition) is 4. The van der Waals surface area contributed by atoms with Crippen molar-refractivity contribution < 1.29 is 18.0 Å². The number of nitrogens with zero attached hydrogens (tertiary/aromatic N) is 2. The van der Waals surface area contributed by atoms with E-state index < -0.39 is 34.1 Å². The molecule has 1 atom stereocenters. The van der Waals surface area contributed by atoms with E-state index in [4.69, 9.17) is 34.8 Å². The van der Waals surface area contributed by atoms with E-state index in [2.05, 4.69) is 5.32 Å². The van der Waals surface area contributed by atoms with Crippen LogP contribution in [0.25, 0.3) is 0 Å². The summed E-state index contributed by atoms with van der Waals surface area (Å²) in [6.45, 7) is 6.72. The average Bonchev–Trinajstić information content (AvgIpc) is 2.73. The van der Waals surface area contributed by atoms with Crippen LogP contribution in [0.1, 0.15) is 39.7 Å². The Labute approximate surface area is 222 Å². The van der Waals surface area contributed by atoms with Crippen molar-refractivity contribution >= 4 is 62.3 Å². The van der Waals surface area contributed by atoms with Gasteiger partial charge >= 0.3 is 0 Å². The van der Waals surface area contributed by atoms with Gasteiger partial charge in [-0.05, 0) is 57.0 Å². The zero-order valence-corrected chi connectivity index (χ0v) is 23.4. The van der Waals surface area contributed by atoms with E-state index in [1.54, 1.807) is 31.2 Å². The number of anilines is 1. The van der Waals surface area contributed by atoms with Crippen molar-refractivity contribution in [3.63, 3.8) is 0 Å². The van der Waals surface area contributed by atoms with Gasteiger partial charge in [-0.2, -0.15) is 0 Å². The molecule has 2 rings (SSSR count). The van der Waals surface area contributed by atoms with Gasteiger partial charge in [0.05, 0.1) is 17.0 Å². The van der Waals surface area contributed by atoms with Crippen LogP contribution >= 0.6 is 34.8 Å². The van der Waals surface area contributed by atoms with Gasteiger partial charge in [-0.15, -0.1) is 0 Å². The Balaban J connectivity index is 2.52. The molecule has 0 unspecified atom stereocenters. The molecule has 0 fully saturated rings. The first kappa shape index (κ1) is 29.2. The SMILES string of the molecule is CC[C@H](C(=O)NC(C)(C)C)N(Cc1ccccc1Cl)C(=O)CN(c1cc(Cl)ccc1Cl)S(C)(=O)=O. The van der Waals surface area contributed by atoms with E-state index in [1.165, 1.54) is 23.1 Å². The largest absolute Gasteiger partial charge is 0.350 e. The molecule has 0 bridgehead atoms. The molecule has 0 aliphatic heterocycles. The predicted octanol–water partition coefficient (Wildman–Crippen LogP) is 5.13. The summed E-state index contributed by atoms with van der Waals surface area (Å²) in [5, 5.41) is 3.70. The summed E-state index contributed by atoms with van der Waals surface area (Å²) < 4.78 is 26.2. The summed E-state index contributed by atoms with van der Waals surface area (Å²) in [5.41, 5.74) is 0.160. The van der Waals surface area contributed by atoms with Crippen molar-refractivity contribution in [3.8, 4) is 0 Å². The highest BCUT2D eigenvalue weighted by Gasteiger charge is 2.33. The molecule has 0 heterocycles. The van der Waals surface area contributed by atoms with Crippen LogP contribution in [-0.2, 0) is 26.2 Å². The summed E-state index contributed by atoms with van der Waals surface area (Å²) in [6.07, 6.45) is 1.27. The highest BCUT2D eigenvalue weighted by Crippen LogP contribution is 2.31. The van der Waals surface area contributed by atoms with Crippen LogP contribution in [0.2, 0.25) is 15.1 Å². The van der Waals surface area contributed by atoms with Gasteiger partial charge in [0.1, 0.15) is 12.6 Å². The number of carbonyl (C=O) groups excluding carboxylic acids is 2. The molecule has 2 aromatic rings. The van der Waals surface area contributed by atoms with Crippen LogP contribution < -0.4 is 9.62 Å². The first-order valence-corrected chi connectivity index (χ1v) is 13.9. The minimum Gasteiger partial charge on any atom is -0.350 e. The molecule has 0 aliphatic carbocycles. The van der Waals surface area contributed by atoms with Gasteiger partial charge in [-0.3, -0.25) is 13.9 Å². The van der Waals surface area contributed by atoms with E-state index in [1.807, 2.05) is 20.8 Å². The molecule has 1 N–H and O–H groups in total. The molecule has 192 valence electrons. The van der Waals surface area contributed by atoms with Crippen molar-refractivity contribution in [3.05, 3.63) is 63.1 Å². The van der Waals surface area contributed by atoms with Crippen LogP contribution in [0.5, 0.6) is 0 Å². The average molecular weight is 563 g/mol. The first-order valence-electron chi connectivity index (χ1n) is 10.9. The van der Waals surface area contributed by atoms with Crippen LogP contribution in [0, 0.1) is 0 Å². The summed E-state index contributed by atoms with van der Waals surface area (Å²) in [4.78, 5) is 28.2. The number of amides is 2. The molecular weight excluding hydrogens is 533 g/mol. The predicted molar refractivity (Wildman–Crippen MR) is 143 cm³/mol. The van der Waals surface area contributed by atoms with Crippen molar-refractivity contribution in [1.82, 2.24) is 10.2 Å². The maximum atomic E-state index is 13.7. The minimum atomic E-state index is -3.93. The molecule has 0 aliphatic rings. The van der Waals surface area contributed by atoms with E-state index in [0.29, 0.717) is 17.0 Å². The quantitative estimate of drug-likeness (QED) is 0.459. The molecule has 0 spiro atoms. The maximum absolute atomic E-state index is 13.7. The molecular formula is C24H30Cl3N3O4S. The number of carbonyl (C=O) groups is 2. The van der Waals surface area contributed by atoms with E-state index in [0.717, 1.165) is 10.6 Å². The highest BCUT2D eigenvalue weighted by atomic mass is 35.5. The molecule has 0 saturated heterocycles. The molecule has 0 aromatic heterocycles. The van der Waals surface area contributed by atoms with Gasteiger partial charge in [-0.25, -0.2) is 8.42 Å². The lowest BCUT2D eigenvalue weighted by molar-refractivity contribution is -0.141. The fraction of sp³-hybridized carbons (Fsp3) is 0.417. The minimum absolute atomic E-state index is 0.00938. The smallest absolute Gasteiger partial charge is 0.244 e. The van der Waals surface area contributed by atoms with Gasteiger partial charge in [0.15, 0.2) is 0 Å². The number of nitrogens with one attached hydrogen (secondary N) is 1. The molecule has 2 amide bonds. The molecule has 7 nitrogen and oxygen atoms in total. The van der Waals surface area contributed by atoms with E-state index in [-0.39, 0.29) is 28.2 Å². The highest BCUT2D eigenvalue weighted by molar-refractivity contribution is 7.92. The second-order valence-electron chi connectivity index (χ2n) is 9.14. The van der Waals surface area contributed by atoms with Gasteiger partial charge in [-0.1, -0.05) is 59.9 Å². The van der Waals surface area contributed by atoms with Crippen LogP contribution in [0.4, 0.5) is 5.69 Å². The molecule has 2 aromatic carbocycles. The summed E-state index contributed by atoms with van der Waals surface area (Å²) >= 11 is 18.7. The molecule has 0 saturated carbocycles. The lowest BCUT2D eigenvalue weighted by atomic mass is 10.1. The Morgan fingerprint density at radius 1 is 1.03 bits per heavy atom. The maximum Gasteiger partial charge on any atom is 0.244 e. The summed E-state index contributed by atoms with van der Waals surface area (Å²) in [6, 6.07) is 10.4. The second kappa shape index (κ2) is 11.8. The lowest BCUT2D eigenvalue weighted by Crippen LogP contribution is -2.55. The normalized spacial score (nSPS) is 12.7. The van der Waals surface area contributed by atoms with Gasteiger partial charge in [0, 0.05) is 22.1 Å². The first-order chi connectivity index (χ1) is 16.1. The lowest BCUT2D eigenvalue weighted by Gasteiger charge is -2.34. The van der Waals surface area contributed by atoms with Crippen molar-refractivity contribution in [2.24, 2.45) is 0 Å². The number of hydrogen-bond donors (Lipinski definition) is 1. The number of benzene rings is 2. The fourth-order valence-corrected chi connectivity index (χ4v) is 4.94. The monoisotopic (exact) mass is 561 g/mol. The molecule has 35 heavy (non-hydrogen) atoms. The van der Waals surface area contributed by atoms with Crippen molar-refractivity contribution in [2.75, 3.05) is 17.1 Å². The number of rotatable bonds is 9. The van der Waals surface area contributed by atoms with Crippen LogP contribution in [-0.4, -0.2) is 49.5 Å². The zero-order valence-electron chi connectivity index (χ0n) is 20.3. The number of sulfonamides is 1. The Morgan fingerprint density at radius 2 is 1.66 bits per heavy atom. The molecule has 11 heteroatoms. The van der Waals surface area contributed by atoms with Gasteiger partial charge in [0.25, 0.3) is 0 Å². The topological polar surface area (TPSA) is 86.8 Å². The van der Waals surface area contributed by atoms with Crippen LogP contribution in [0.15, 0.2) is 42.5 Å². The third-order valence-corrected chi connectivity index (χ3v) is 7.09. The second-order valence-corrected chi connectivity index (χ2v) is 12.3. The van der Waals surface area contributed by atoms with E-state index in [9.17, 15) is 18.0 Å². The summed E-state index contributed by atoms with van der Waals surface area (Å²) in [5.74, 6) is -0.950. The number of halogens is 3. The third-order valence-electron chi connectivity index (χ3n) is 5.04. The van der Waals surface area contributed by atoms with Crippen molar-refractivity contribution in [1.29, 1.82) is 0 Å². The fourth-order valence-electron chi connectivity index (χ4n) is 3.45. The van der Waals surface area contributed by atoms with Crippen molar-refractivity contribution in [2.45, 2.75) is 52.2 Å². The Morgan fingerprint density at radius 3 is 2.20 bits per heavy atom. The Hall–Kier alpha value is -2.00. The van der Waals surface area contributed by atoms with Crippen LogP contribution in [0.3, 0.4) is 0 Å². The summed E-state index contributed by atoms with van der Waals surface area (Å²) in [7, 11) is -3.93. The standard InChI is InChI=1S/C24H30Cl3N3O4S/c1-6-20(23(32)28-24(2,3)4)29(14-16-9-7-8-10-18(16)26)22(31)15-30(35(5,33)34)21-13-17(25)11-12-19(21)27/h7-13,20H,6,14-15H2,1-5H3,(H,28,32)/t20-/m1/s1. The Kier molecular flexibility index (Phi) is 9.87. The third kappa shape index (κ3) is 8.27. The van der Waals surface area contributed by atoms with Gasteiger partial charge in [0.2, 0.25) is 21.8 Å². The Bertz CT molecular complexity index is 1180. The van der Waals surface area contributed by atoms with E-state index >= 15 is 0 Å².